The quantitative estimate of drug-likeness (QED) is 0.694. The normalized spacial score (nSPS) is 9.36. The lowest BCUT2D eigenvalue weighted by Gasteiger charge is -2.01. The molecule has 1 aromatic carbocycles. The molecule has 0 radical (unpaired) electrons. The molecule has 0 atom stereocenters. The van der Waals surface area contributed by atoms with Crippen LogP contribution in [0.3, 0.4) is 0 Å². The zero-order chi connectivity index (χ0) is 10.4. The van der Waals surface area contributed by atoms with Gasteiger partial charge in [-0.1, -0.05) is 35.0 Å². The highest BCUT2D eigenvalue weighted by atomic mass is 79.9. The van der Waals surface area contributed by atoms with Gasteiger partial charge in [-0.2, -0.15) is 0 Å². The number of hydrogen-bond acceptors (Lipinski definition) is 0. The Hall–Kier alpha value is -0.740. The van der Waals surface area contributed by atoms with E-state index in [0.29, 0.717) is 0 Å². The highest BCUT2D eigenvalue weighted by Crippen LogP contribution is 2.18. The standard InChI is InChI=1S/C13H15Br/c1-3-4-5-6-7-12-9-8-11(2)13(14)10-12/h8-10H,3,6-7H2,1-2H3. The van der Waals surface area contributed by atoms with E-state index in [1.165, 1.54) is 15.6 Å². The summed E-state index contributed by atoms with van der Waals surface area (Å²) >= 11 is 3.53. The molecular weight excluding hydrogens is 236 g/mol. The fraction of sp³-hybridized carbons (Fsp3) is 0.385. The van der Waals surface area contributed by atoms with Gasteiger partial charge in [0.05, 0.1) is 0 Å². The Labute approximate surface area is 94.9 Å². The van der Waals surface area contributed by atoms with Crippen molar-refractivity contribution < 1.29 is 0 Å². The van der Waals surface area contributed by atoms with Gasteiger partial charge in [0.2, 0.25) is 0 Å². The Morgan fingerprint density at radius 3 is 2.71 bits per heavy atom. The van der Waals surface area contributed by atoms with E-state index >= 15 is 0 Å². The van der Waals surface area contributed by atoms with Crippen LogP contribution in [0.2, 0.25) is 0 Å². The molecule has 1 aromatic rings. The van der Waals surface area contributed by atoms with Gasteiger partial charge >= 0.3 is 0 Å². The fourth-order valence-corrected chi connectivity index (χ4v) is 1.64. The van der Waals surface area contributed by atoms with Gasteiger partial charge in [-0.25, -0.2) is 0 Å². The van der Waals surface area contributed by atoms with E-state index in [0.717, 1.165) is 19.3 Å². The van der Waals surface area contributed by atoms with Crippen LogP contribution >= 0.6 is 15.9 Å². The molecule has 0 aromatic heterocycles. The average Bonchev–Trinajstić information content (AvgIpc) is 2.18. The molecule has 0 fully saturated rings. The van der Waals surface area contributed by atoms with E-state index in [1.54, 1.807) is 0 Å². The van der Waals surface area contributed by atoms with Crippen LogP contribution in [-0.2, 0) is 6.42 Å². The Morgan fingerprint density at radius 1 is 1.29 bits per heavy atom. The molecule has 0 saturated heterocycles. The predicted molar refractivity (Wildman–Crippen MR) is 65.3 cm³/mol. The van der Waals surface area contributed by atoms with E-state index < -0.39 is 0 Å². The number of hydrogen-bond donors (Lipinski definition) is 0. The molecule has 1 rings (SSSR count). The van der Waals surface area contributed by atoms with Crippen LogP contribution in [0.25, 0.3) is 0 Å². The second-order valence-electron chi connectivity index (χ2n) is 3.29. The Bertz CT molecular complexity index is 355. The number of halogens is 1. The molecule has 0 aliphatic rings. The zero-order valence-corrected chi connectivity index (χ0v) is 10.3. The van der Waals surface area contributed by atoms with Crippen LogP contribution in [0.1, 0.15) is 30.9 Å². The lowest BCUT2D eigenvalue weighted by atomic mass is 10.1. The first-order valence-electron chi connectivity index (χ1n) is 4.94. The maximum atomic E-state index is 3.53. The third-order valence-corrected chi connectivity index (χ3v) is 2.93. The molecule has 0 spiro atoms. The smallest absolute Gasteiger partial charge is 0.0207 e. The van der Waals surface area contributed by atoms with Crippen molar-refractivity contribution in [3.05, 3.63) is 33.8 Å². The van der Waals surface area contributed by atoms with Gasteiger partial charge in [0.25, 0.3) is 0 Å². The van der Waals surface area contributed by atoms with Gasteiger partial charge in [-0.05, 0) is 30.5 Å². The lowest BCUT2D eigenvalue weighted by Crippen LogP contribution is -1.85. The summed E-state index contributed by atoms with van der Waals surface area (Å²) in [7, 11) is 0. The molecule has 0 heterocycles. The van der Waals surface area contributed by atoms with Crippen molar-refractivity contribution in [3.63, 3.8) is 0 Å². The first-order chi connectivity index (χ1) is 6.74. The number of aryl methyl sites for hydroxylation is 2. The van der Waals surface area contributed by atoms with Gasteiger partial charge in [0.15, 0.2) is 0 Å². The molecule has 14 heavy (non-hydrogen) atoms. The van der Waals surface area contributed by atoms with E-state index in [9.17, 15) is 0 Å². The third-order valence-electron chi connectivity index (χ3n) is 2.08. The van der Waals surface area contributed by atoms with Gasteiger partial charge in [0.1, 0.15) is 0 Å². The number of benzene rings is 1. The second-order valence-corrected chi connectivity index (χ2v) is 4.14. The summed E-state index contributed by atoms with van der Waals surface area (Å²) in [5, 5.41) is 0. The van der Waals surface area contributed by atoms with E-state index in [1.807, 2.05) is 0 Å². The van der Waals surface area contributed by atoms with Crippen molar-refractivity contribution in [2.45, 2.75) is 33.1 Å². The Morgan fingerprint density at radius 2 is 2.07 bits per heavy atom. The van der Waals surface area contributed by atoms with Crippen LogP contribution < -0.4 is 0 Å². The fourth-order valence-electron chi connectivity index (χ4n) is 1.21. The molecule has 0 amide bonds. The third kappa shape index (κ3) is 3.55. The molecule has 0 unspecified atom stereocenters. The van der Waals surface area contributed by atoms with Crippen molar-refractivity contribution in [3.8, 4) is 11.8 Å². The van der Waals surface area contributed by atoms with Crippen molar-refractivity contribution in [1.82, 2.24) is 0 Å². The zero-order valence-electron chi connectivity index (χ0n) is 8.73. The van der Waals surface area contributed by atoms with Crippen molar-refractivity contribution in [2.75, 3.05) is 0 Å². The maximum absolute atomic E-state index is 3.53. The Kier molecular flexibility index (Phi) is 4.76. The van der Waals surface area contributed by atoms with Gasteiger partial charge < -0.3 is 0 Å². The van der Waals surface area contributed by atoms with Gasteiger partial charge in [-0.15, -0.1) is 11.8 Å². The van der Waals surface area contributed by atoms with E-state index in [-0.39, 0.29) is 0 Å². The van der Waals surface area contributed by atoms with Crippen molar-refractivity contribution >= 4 is 15.9 Å². The second kappa shape index (κ2) is 5.88. The van der Waals surface area contributed by atoms with Crippen LogP contribution in [0, 0.1) is 18.8 Å². The molecule has 0 nitrogen and oxygen atoms in total. The Balaban J connectivity index is 2.55. The molecular formula is C13H15Br. The predicted octanol–water partition coefficient (Wildman–Crippen LogP) is 4.10. The van der Waals surface area contributed by atoms with Crippen LogP contribution in [0.5, 0.6) is 0 Å². The van der Waals surface area contributed by atoms with E-state index in [4.69, 9.17) is 0 Å². The van der Waals surface area contributed by atoms with Crippen molar-refractivity contribution in [1.29, 1.82) is 0 Å². The molecule has 0 aliphatic carbocycles. The highest BCUT2D eigenvalue weighted by molar-refractivity contribution is 9.10. The molecule has 1 heteroatoms. The van der Waals surface area contributed by atoms with Crippen LogP contribution in [-0.4, -0.2) is 0 Å². The largest absolute Gasteiger partial charge is 0.104 e. The van der Waals surface area contributed by atoms with Crippen LogP contribution in [0.4, 0.5) is 0 Å². The summed E-state index contributed by atoms with van der Waals surface area (Å²) in [6, 6.07) is 6.50. The summed E-state index contributed by atoms with van der Waals surface area (Å²) in [5.74, 6) is 6.24. The van der Waals surface area contributed by atoms with Crippen molar-refractivity contribution in [2.24, 2.45) is 0 Å². The van der Waals surface area contributed by atoms with Crippen LogP contribution in [0.15, 0.2) is 22.7 Å². The minimum Gasteiger partial charge on any atom is -0.104 e. The first kappa shape index (κ1) is 11.3. The summed E-state index contributed by atoms with van der Waals surface area (Å²) in [6.07, 6.45) is 2.97. The number of rotatable bonds is 2. The summed E-state index contributed by atoms with van der Waals surface area (Å²) in [6.45, 7) is 4.18. The molecule has 74 valence electrons. The molecule has 0 saturated carbocycles. The topological polar surface area (TPSA) is 0 Å². The molecule has 0 N–H and O–H groups in total. The van der Waals surface area contributed by atoms with Gasteiger partial charge in [-0.3, -0.25) is 0 Å². The first-order valence-corrected chi connectivity index (χ1v) is 5.74. The maximum Gasteiger partial charge on any atom is 0.0207 e. The molecule has 0 bridgehead atoms. The highest BCUT2D eigenvalue weighted by Gasteiger charge is 1.96. The van der Waals surface area contributed by atoms with E-state index in [2.05, 4.69) is 59.8 Å². The summed E-state index contributed by atoms with van der Waals surface area (Å²) in [4.78, 5) is 0. The SMILES string of the molecule is CCC#CCCc1ccc(C)c(Br)c1. The molecule has 0 aliphatic heterocycles. The minimum atomic E-state index is 0.956. The lowest BCUT2D eigenvalue weighted by molar-refractivity contribution is 1.02. The minimum absolute atomic E-state index is 0.956. The monoisotopic (exact) mass is 250 g/mol. The summed E-state index contributed by atoms with van der Waals surface area (Å²) < 4.78 is 1.19. The average molecular weight is 251 g/mol. The van der Waals surface area contributed by atoms with Gasteiger partial charge in [0, 0.05) is 17.3 Å². The summed E-state index contributed by atoms with van der Waals surface area (Å²) in [5.41, 5.74) is 2.64.